The first kappa shape index (κ1) is 13.6. The molecule has 1 amide bonds. The van der Waals surface area contributed by atoms with E-state index in [1.807, 2.05) is 36.6 Å². The van der Waals surface area contributed by atoms with Crippen molar-refractivity contribution in [2.45, 2.75) is 13.5 Å². The zero-order chi connectivity index (χ0) is 13.7. The highest BCUT2D eigenvalue weighted by molar-refractivity contribution is 7.09. The van der Waals surface area contributed by atoms with E-state index >= 15 is 0 Å². The summed E-state index contributed by atoms with van der Waals surface area (Å²) in [4.78, 5) is 12.8. The fourth-order valence-electron chi connectivity index (χ4n) is 1.62. The van der Waals surface area contributed by atoms with E-state index in [0.29, 0.717) is 18.0 Å². The molecule has 0 fully saturated rings. The number of carbonyl (C=O) groups excluding carboxylic acids is 1. The van der Waals surface area contributed by atoms with Crippen LogP contribution in [0, 0.1) is 6.92 Å². The average molecular weight is 276 g/mol. The molecule has 0 saturated carbocycles. The zero-order valence-electron chi connectivity index (χ0n) is 10.7. The molecule has 0 radical (unpaired) electrons. The van der Waals surface area contributed by atoms with Crippen molar-refractivity contribution in [2.75, 3.05) is 17.7 Å². The molecule has 19 heavy (non-hydrogen) atoms. The first-order chi connectivity index (χ1) is 9.15. The number of hydrogen-bond acceptors (Lipinski definition) is 4. The van der Waals surface area contributed by atoms with Crippen molar-refractivity contribution in [3.05, 3.63) is 46.2 Å². The average Bonchev–Trinajstić information content (AvgIpc) is 2.86. The van der Waals surface area contributed by atoms with Crippen LogP contribution in [0.1, 0.15) is 10.4 Å². The van der Waals surface area contributed by atoms with Crippen molar-refractivity contribution in [3.8, 4) is 0 Å². The highest BCUT2D eigenvalue weighted by atomic mass is 32.1. The minimum atomic E-state index is -0.202. The number of nitrogen functional groups attached to an aromatic ring is 1. The second-order valence-corrected chi connectivity index (χ2v) is 5.24. The molecule has 4 nitrogen and oxygen atoms in total. The van der Waals surface area contributed by atoms with Crippen molar-refractivity contribution in [2.24, 2.45) is 0 Å². The third kappa shape index (κ3) is 4.08. The summed E-state index contributed by atoms with van der Waals surface area (Å²) in [5.41, 5.74) is 8.06. The Balaban J connectivity index is 1.80. The molecular formula is C14H16N2O2S. The predicted octanol–water partition coefficient (Wildman–Crippen LogP) is 2.79. The Morgan fingerprint density at radius 3 is 2.95 bits per heavy atom. The predicted molar refractivity (Wildman–Crippen MR) is 78.2 cm³/mol. The summed E-state index contributed by atoms with van der Waals surface area (Å²) in [5, 5.41) is 4.71. The molecule has 1 aromatic carbocycles. The number of ether oxygens (including phenoxy) is 1. The van der Waals surface area contributed by atoms with Gasteiger partial charge in [-0.1, -0.05) is 12.1 Å². The SMILES string of the molecule is Cc1ccc(NC(=O)COCc2cccs2)c(N)c1. The van der Waals surface area contributed by atoms with Gasteiger partial charge in [-0.2, -0.15) is 0 Å². The molecule has 100 valence electrons. The lowest BCUT2D eigenvalue weighted by molar-refractivity contribution is -0.120. The molecule has 5 heteroatoms. The molecule has 0 spiro atoms. The molecule has 0 atom stereocenters. The third-order valence-corrected chi connectivity index (χ3v) is 3.39. The van der Waals surface area contributed by atoms with Crippen molar-refractivity contribution in [1.29, 1.82) is 0 Å². The van der Waals surface area contributed by atoms with Crippen LogP contribution in [0.25, 0.3) is 0 Å². The molecular weight excluding hydrogens is 260 g/mol. The summed E-state index contributed by atoms with van der Waals surface area (Å²) in [6, 6.07) is 9.44. The van der Waals surface area contributed by atoms with Gasteiger partial charge in [-0.25, -0.2) is 0 Å². The van der Waals surface area contributed by atoms with Crippen LogP contribution in [0.3, 0.4) is 0 Å². The fourth-order valence-corrected chi connectivity index (χ4v) is 2.26. The van der Waals surface area contributed by atoms with Gasteiger partial charge in [-0.3, -0.25) is 4.79 Å². The monoisotopic (exact) mass is 276 g/mol. The number of aryl methyl sites for hydroxylation is 1. The Kier molecular flexibility index (Phi) is 4.54. The molecule has 2 rings (SSSR count). The van der Waals surface area contributed by atoms with E-state index in [0.717, 1.165) is 10.4 Å². The number of anilines is 2. The van der Waals surface area contributed by atoms with Gasteiger partial charge in [-0.15, -0.1) is 11.3 Å². The minimum absolute atomic E-state index is 0.0191. The van der Waals surface area contributed by atoms with Crippen LogP contribution >= 0.6 is 11.3 Å². The van der Waals surface area contributed by atoms with Gasteiger partial charge in [0.25, 0.3) is 0 Å². The van der Waals surface area contributed by atoms with Crippen LogP contribution in [0.4, 0.5) is 11.4 Å². The first-order valence-corrected chi connectivity index (χ1v) is 6.79. The molecule has 0 aliphatic rings. The highest BCUT2D eigenvalue weighted by Gasteiger charge is 2.05. The van der Waals surface area contributed by atoms with Crippen molar-refractivity contribution in [1.82, 2.24) is 0 Å². The van der Waals surface area contributed by atoms with Gasteiger partial charge in [0.2, 0.25) is 5.91 Å². The molecule has 1 aromatic heterocycles. The first-order valence-electron chi connectivity index (χ1n) is 5.91. The van der Waals surface area contributed by atoms with E-state index in [2.05, 4.69) is 5.32 Å². The highest BCUT2D eigenvalue weighted by Crippen LogP contribution is 2.19. The Hall–Kier alpha value is -1.85. The number of thiophene rings is 1. The van der Waals surface area contributed by atoms with Crippen LogP contribution in [0.15, 0.2) is 35.7 Å². The summed E-state index contributed by atoms with van der Waals surface area (Å²) in [6.07, 6.45) is 0. The van der Waals surface area contributed by atoms with Crippen LogP contribution in [-0.2, 0) is 16.1 Å². The van der Waals surface area contributed by atoms with Crippen LogP contribution in [-0.4, -0.2) is 12.5 Å². The van der Waals surface area contributed by atoms with Crippen LogP contribution in [0.2, 0.25) is 0 Å². The number of benzene rings is 1. The minimum Gasteiger partial charge on any atom is -0.397 e. The molecule has 1 heterocycles. The number of nitrogens with two attached hydrogens (primary N) is 1. The number of amides is 1. The Morgan fingerprint density at radius 1 is 1.42 bits per heavy atom. The molecule has 0 unspecified atom stereocenters. The lowest BCUT2D eigenvalue weighted by atomic mass is 10.2. The molecule has 3 N–H and O–H groups in total. The Morgan fingerprint density at radius 2 is 2.26 bits per heavy atom. The largest absolute Gasteiger partial charge is 0.397 e. The summed E-state index contributed by atoms with van der Waals surface area (Å²) >= 11 is 1.61. The molecule has 2 aromatic rings. The van der Waals surface area contributed by atoms with E-state index in [-0.39, 0.29) is 12.5 Å². The van der Waals surface area contributed by atoms with E-state index in [1.165, 1.54) is 0 Å². The summed E-state index contributed by atoms with van der Waals surface area (Å²) in [7, 11) is 0. The maximum Gasteiger partial charge on any atom is 0.250 e. The zero-order valence-corrected chi connectivity index (χ0v) is 11.5. The maximum absolute atomic E-state index is 11.7. The van der Waals surface area contributed by atoms with Crippen LogP contribution in [0.5, 0.6) is 0 Å². The van der Waals surface area contributed by atoms with E-state index in [9.17, 15) is 4.79 Å². The van der Waals surface area contributed by atoms with E-state index < -0.39 is 0 Å². The fraction of sp³-hybridized carbons (Fsp3) is 0.214. The molecule has 0 aliphatic carbocycles. The number of rotatable bonds is 5. The molecule has 0 bridgehead atoms. The van der Waals surface area contributed by atoms with Crippen LogP contribution < -0.4 is 11.1 Å². The normalized spacial score (nSPS) is 10.4. The van der Waals surface area contributed by atoms with Crippen molar-refractivity contribution < 1.29 is 9.53 Å². The second kappa shape index (κ2) is 6.36. The summed E-state index contributed by atoms with van der Waals surface area (Å²) in [5.74, 6) is -0.202. The van der Waals surface area contributed by atoms with Gasteiger partial charge in [0.15, 0.2) is 0 Å². The van der Waals surface area contributed by atoms with Gasteiger partial charge in [-0.05, 0) is 36.1 Å². The Bertz CT molecular complexity index is 553. The van der Waals surface area contributed by atoms with E-state index in [1.54, 1.807) is 17.4 Å². The van der Waals surface area contributed by atoms with Crippen molar-refractivity contribution in [3.63, 3.8) is 0 Å². The van der Waals surface area contributed by atoms with E-state index in [4.69, 9.17) is 10.5 Å². The third-order valence-electron chi connectivity index (χ3n) is 2.54. The number of carbonyl (C=O) groups is 1. The number of hydrogen-bond donors (Lipinski definition) is 2. The number of nitrogens with one attached hydrogen (secondary N) is 1. The van der Waals surface area contributed by atoms with Gasteiger partial charge < -0.3 is 15.8 Å². The van der Waals surface area contributed by atoms with Gasteiger partial charge in [0.1, 0.15) is 6.61 Å². The topological polar surface area (TPSA) is 64.3 Å². The molecule has 0 saturated heterocycles. The maximum atomic E-state index is 11.7. The molecule has 0 aliphatic heterocycles. The van der Waals surface area contributed by atoms with Crippen molar-refractivity contribution >= 4 is 28.6 Å². The second-order valence-electron chi connectivity index (χ2n) is 4.21. The Labute approximate surface area is 116 Å². The lowest BCUT2D eigenvalue weighted by Crippen LogP contribution is -2.18. The van der Waals surface area contributed by atoms with Gasteiger partial charge in [0, 0.05) is 4.88 Å². The summed E-state index contributed by atoms with van der Waals surface area (Å²) < 4.78 is 5.33. The quantitative estimate of drug-likeness (QED) is 0.825. The van der Waals surface area contributed by atoms with Gasteiger partial charge >= 0.3 is 0 Å². The summed E-state index contributed by atoms with van der Waals surface area (Å²) in [6.45, 7) is 2.42. The standard InChI is InChI=1S/C14H16N2O2S/c1-10-4-5-13(12(15)7-10)16-14(17)9-18-8-11-3-2-6-19-11/h2-7H,8-9,15H2,1H3,(H,16,17). The lowest BCUT2D eigenvalue weighted by Gasteiger charge is -2.09. The van der Waals surface area contributed by atoms with Gasteiger partial charge in [0.05, 0.1) is 18.0 Å². The smallest absolute Gasteiger partial charge is 0.250 e.